The molecule has 1 aliphatic rings. The highest BCUT2D eigenvalue weighted by Gasteiger charge is 2.22. The Labute approximate surface area is 151 Å². The fourth-order valence-electron chi connectivity index (χ4n) is 3.08. The van der Waals surface area contributed by atoms with Crippen LogP contribution in [0.3, 0.4) is 0 Å². The third-order valence-electron chi connectivity index (χ3n) is 4.93. The molecule has 0 spiro atoms. The number of likely N-dealkylation sites (N-methyl/N-ethyl adjacent to an activating group) is 2. The van der Waals surface area contributed by atoms with Gasteiger partial charge >= 0.3 is 6.03 Å². The summed E-state index contributed by atoms with van der Waals surface area (Å²) in [6, 6.07) is 8.50. The lowest BCUT2D eigenvalue weighted by molar-refractivity contribution is 0.113. The summed E-state index contributed by atoms with van der Waals surface area (Å²) in [5, 5.41) is 3.07. The molecular weight excluding hydrogens is 316 g/mol. The van der Waals surface area contributed by atoms with Crippen LogP contribution in [0.25, 0.3) is 0 Å². The topological polar surface area (TPSA) is 48.1 Å². The lowest BCUT2D eigenvalue weighted by Crippen LogP contribution is -2.55. The molecule has 0 unspecified atom stereocenters. The second-order valence-corrected chi connectivity index (χ2v) is 6.96. The van der Waals surface area contributed by atoms with Crippen molar-refractivity contribution >= 4 is 6.03 Å². The van der Waals surface area contributed by atoms with Crippen molar-refractivity contribution in [2.45, 2.75) is 18.9 Å². The average Bonchev–Trinajstić information content (AvgIpc) is 2.62. The summed E-state index contributed by atoms with van der Waals surface area (Å²) in [4.78, 5) is 18.7. The van der Waals surface area contributed by atoms with Crippen molar-refractivity contribution < 1.29 is 9.53 Å². The Hall–Kier alpha value is -1.79. The van der Waals surface area contributed by atoms with E-state index < -0.39 is 0 Å². The molecule has 6 heteroatoms. The van der Waals surface area contributed by atoms with Crippen LogP contribution in [0.5, 0.6) is 5.75 Å². The van der Waals surface area contributed by atoms with E-state index >= 15 is 0 Å². The molecule has 0 aliphatic carbocycles. The Bertz CT molecular complexity index is 535. The molecule has 1 atom stereocenters. The smallest absolute Gasteiger partial charge is 0.317 e. The van der Waals surface area contributed by atoms with Crippen LogP contribution < -0.4 is 10.1 Å². The van der Waals surface area contributed by atoms with E-state index in [2.05, 4.69) is 41.3 Å². The SMILES string of the molecule is COc1ccc(CCCN(C)C(=O)NC[C@@H]2CN(C)CCN2C)cc1. The molecule has 1 aromatic rings. The van der Waals surface area contributed by atoms with Crippen LogP contribution in [-0.2, 0) is 6.42 Å². The Kier molecular flexibility index (Phi) is 7.52. The molecule has 0 saturated carbocycles. The largest absolute Gasteiger partial charge is 0.497 e. The third-order valence-corrected chi connectivity index (χ3v) is 4.93. The lowest BCUT2D eigenvalue weighted by atomic mass is 10.1. The molecule has 0 aromatic heterocycles. The number of carbonyl (C=O) groups excluding carboxylic acids is 1. The first-order valence-corrected chi connectivity index (χ1v) is 9.00. The van der Waals surface area contributed by atoms with E-state index in [0.29, 0.717) is 12.6 Å². The van der Waals surface area contributed by atoms with Crippen molar-refractivity contribution in [2.24, 2.45) is 0 Å². The first-order valence-electron chi connectivity index (χ1n) is 9.00. The van der Waals surface area contributed by atoms with Crippen LogP contribution in [-0.4, -0.2) is 87.7 Å². The third kappa shape index (κ3) is 6.21. The molecule has 0 radical (unpaired) electrons. The summed E-state index contributed by atoms with van der Waals surface area (Å²) in [5.74, 6) is 0.874. The Morgan fingerprint density at radius 3 is 2.68 bits per heavy atom. The number of carbonyl (C=O) groups is 1. The number of benzene rings is 1. The molecule has 25 heavy (non-hydrogen) atoms. The number of nitrogens with one attached hydrogen (secondary N) is 1. The predicted octanol–water partition coefficient (Wildman–Crippen LogP) is 1.52. The molecule has 2 rings (SSSR count). The molecule has 140 valence electrons. The van der Waals surface area contributed by atoms with Crippen LogP contribution >= 0.6 is 0 Å². The fourth-order valence-corrected chi connectivity index (χ4v) is 3.08. The van der Waals surface area contributed by atoms with Crippen molar-refractivity contribution in [3.8, 4) is 5.75 Å². The van der Waals surface area contributed by atoms with E-state index in [1.807, 2.05) is 19.2 Å². The summed E-state index contributed by atoms with van der Waals surface area (Å²) in [6.07, 6.45) is 1.90. The van der Waals surface area contributed by atoms with Crippen molar-refractivity contribution in [2.75, 3.05) is 61.0 Å². The Morgan fingerprint density at radius 1 is 1.28 bits per heavy atom. The molecule has 1 fully saturated rings. The first-order chi connectivity index (χ1) is 12.0. The van der Waals surface area contributed by atoms with Gasteiger partial charge < -0.3 is 19.9 Å². The second-order valence-electron chi connectivity index (χ2n) is 6.96. The van der Waals surface area contributed by atoms with E-state index in [-0.39, 0.29) is 6.03 Å². The zero-order valence-corrected chi connectivity index (χ0v) is 16.0. The van der Waals surface area contributed by atoms with Crippen molar-refractivity contribution in [3.05, 3.63) is 29.8 Å². The van der Waals surface area contributed by atoms with Crippen molar-refractivity contribution in [1.29, 1.82) is 0 Å². The van der Waals surface area contributed by atoms with Crippen molar-refractivity contribution in [1.82, 2.24) is 20.0 Å². The van der Waals surface area contributed by atoms with Gasteiger partial charge in [-0.1, -0.05) is 12.1 Å². The van der Waals surface area contributed by atoms with Gasteiger partial charge in [-0.15, -0.1) is 0 Å². The number of urea groups is 1. The van der Waals surface area contributed by atoms with Gasteiger partial charge in [0.25, 0.3) is 0 Å². The molecule has 1 heterocycles. The lowest BCUT2D eigenvalue weighted by Gasteiger charge is -2.37. The summed E-state index contributed by atoms with van der Waals surface area (Å²) < 4.78 is 5.17. The minimum Gasteiger partial charge on any atom is -0.497 e. The fraction of sp³-hybridized carbons (Fsp3) is 0.632. The number of rotatable bonds is 7. The van der Waals surface area contributed by atoms with Gasteiger partial charge in [0.05, 0.1) is 7.11 Å². The second kappa shape index (κ2) is 9.63. The summed E-state index contributed by atoms with van der Waals surface area (Å²) in [7, 11) is 7.79. The van der Waals surface area contributed by atoms with Gasteiger partial charge in [-0.3, -0.25) is 4.90 Å². The van der Waals surface area contributed by atoms with E-state index in [1.54, 1.807) is 12.0 Å². The average molecular weight is 348 g/mol. The number of amides is 2. The van der Waals surface area contributed by atoms with Gasteiger partial charge in [0.1, 0.15) is 5.75 Å². The highest BCUT2D eigenvalue weighted by Crippen LogP contribution is 2.12. The van der Waals surface area contributed by atoms with Gasteiger partial charge in [0, 0.05) is 45.8 Å². The Morgan fingerprint density at radius 2 is 2.00 bits per heavy atom. The number of hydrogen-bond acceptors (Lipinski definition) is 4. The maximum Gasteiger partial charge on any atom is 0.317 e. The molecule has 6 nitrogen and oxygen atoms in total. The molecule has 2 amide bonds. The monoisotopic (exact) mass is 348 g/mol. The highest BCUT2D eigenvalue weighted by atomic mass is 16.5. The molecule has 1 N–H and O–H groups in total. The normalized spacial score (nSPS) is 18.8. The van der Waals surface area contributed by atoms with E-state index in [4.69, 9.17) is 4.74 Å². The van der Waals surface area contributed by atoms with Crippen LogP contribution in [0.15, 0.2) is 24.3 Å². The van der Waals surface area contributed by atoms with Crippen LogP contribution in [0, 0.1) is 0 Å². The number of piperazine rings is 1. The van der Waals surface area contributed by atoms with Crippen LogP contribution in [0.2, 0.25) is 0 Å². The highest BCUT2D eigenvalue weighted by molar-refractivity contribution is 5.73. The maximum absolute atomic E-state index is 12.3. The van der Waals surface area contributed by atoms with E-state index in [0.717, 1.165) is 44.8 Å². The maximum atomic E-state index is 12.3. The number of aryl methyl sites for hydroxylation is 1. The minimum absolute atomic E-state index is 0.0105. The first kappa shape index (κ1) is 19.5. The van der Waals surface area contributed by atoms with Gasteiger partial charge in [0.15, 0.2) is 0 Å². The number of methoxy groups -OCH3 is 1. The Balaban J connectivity index is 1.67. The summed E-state index contributed by atoms with van der Waals surface area (Å²) in [6.45, 7) is 4.58. The molecular formula is C19H32N4O2. The number of hydrogen-bond donors (Lipinski definition) is 1. The standard InChI is InChI=1S/C19H32N4O2/c1-21-12-13-22(2)17(15-21)14-20-19(24)23(3)11-5-6-16-7-9-18(25-4)10-8-16/h7-10,17H,5-6,11-15H2,1-4H3,(H,20,24)/t17-/m1/s1. The summed E-state index contributed by atoms with van der Waals surface area (Å²) in [5.41, 5.74) is 1.27. The minimum atomic E-state index is 0.0105. The predicted molar refractivity (Wildman–Crippen MR) is 101 cm³/mol. The van der Waals surface area contributed by atoms with Gasteiger partial charge in [-0.25, -0.2) is 4.79 Å². The molecule has 0 bridgehead atoms. The van der Waals surface area contributed by atoms with Crippen LogP contribution in [0.4, 0.5) is 4.79 Å². The quantitative estimate of drug-likeness (QED) is 0.812. The molecule has 1 saturated heterocycles. The number of ether oxygens (including phenoxy) is 1. The molecule has 1 aromatic carbocycles. The van der Waals surface area contributed by atoms with Crippen molar-refractivity contribution in [3.63, 3.8) is 0 Å². The van der Waals surface area contributed by atoms with E-state index in [9.17, 15) is 4.79 Å². The van der Waals surface area contributed by atoms with Gasteiger partial charge in [-0.2, -0.15) is 0 Å². The molecule has 1 aliphatic heterocycles. The van der Waals surface area contributed by atoms with Gasteiger partial charge in [0.2, 0.25) is 0 Å². The summed E-state index contributed by atoms with van der Waals surface area (Å²) >= 11 is 0. The van der Waals surface area contributed by atoms with Crippen LogP contribution in [0.1, 0.15) is 12.0 Å². The van der Waals surface area contributed by atoms with Gasteiger partial charge in [-0.05, 0) is 44.6 Å². The number of nitrogens with zero attached hydrogens (tertiary/aromatic N) is 3. The zero-order chi connectivity index (χ0) is 18.2. The zero-order valence-electron chi connectivity index (χ0n) is 16.0. The van der Waals surface area contributed by atoms with E-state index in [1.165, 1.54) is 5.56 Å².